The standard InChI is InChI=1S/C9H11F3O/c10-9(11,12)8(6-13-8)7-4-2-1-3-5-7/h4H,1-3,5-6H2. The van der Waals surface area contributed by atoms with E-state index in [0.29, 0.717) is 12.0 Å². The summed E-state index contributed by atoms with van der Waals surface area (Å²) in [7, 11) is 0. The fourth-order valence-corrected chi connectivity index (χ4v) is 1.81. The largest absolute Gasteiger partial charge is 0.423 e. The molecule has 1 aliphatic heterocycles. The molecule has 1 nitrogen and oxygen atoms in total. The van der Waals surface area contributed by atoms with Crippen LogP contribution in [0.5, 0.6) is 0 Å². The van der Waals surface area contributed by atoms with Crippen LogP contribution in [0.15, 0.2) is 11.6 Å². The molecule has 4 heteroatoms. The van der Waals surface area contributed by atoms with E-state index >= 15 is 0 Å². The highest BCUT2D eigenvalue weighted by Gasteiger charge is 2.67. The predicted octanol–water partition coefficient (Wildman–Crippen LogP) is 2.82. The quantitative estimate of drug-likeness (QED) is 0.459. The average Bonchev–Trinajstić information content (AvgIpc) is 2.84. The summed E-state index contributed by atoms with van der Waals surface area (Å²) in [6.07, 6.45) is 0.626. The van der Waals surface area contributed by atoms with Crippen molar-refractivity contribution in [1.29, 1.82) is 0 Å². The molecule has 1 unspecified atom stereocenters. The summed E-state index contributed by atoms with van der Waals surface area (Å²) < 4.78 is 42.2. The van der Waals surface area contributed by atoms with E-state index in [1.807, 2.05) is 0 Å². The van der Waals surface area contributed by atoms with Crippen LogP contribution >= 0.6 is 0 Å². The van der Waals surface area contributed by atoms with Crippen LogP contribution in [0.25, 0.3) is 0 Å². The third kappa shape index (κ3) is 1.37. The second-order valence-electron chi connectivity index (χ2n) is 3.59. The van der Waals surface area contributed by atoms with E-state index in [4.69, 9.17) is 0 Å². The number of ether oxygens (including phenoxy) is 1. The molecular formula is C9H11F3O. The summed E-state index contributed by atoms with van der Waals surface area (Å²) in [6, 6.07) is 0. The molecule has 2 rings (SSSR count). The Balaban J connectivity index is 2.19. The summed E-state index contributed by atoms with van der Waals surface area (Å²) >= 11 is 0. The molecule has 1 atom stereocenters. The van der Waals surface area contributed by atoms with Crippen molar-refractivity contribution in [2.75, 3.05) is 6.61 Å². The summed E-state index contributed by atoms with van der Waals surface area (Å²) in [5, 5.41) is 0. The smallest absolute Gasteiger partial charge is 0.355 e. The van der Waals surface area contributed by atoms with Gasteiger partial charge in [-0.1, -0.05) is 6.08 Å². The van der Waals surface area contributed by atoms with Gasteiger partial charge in [-0.15, -0.1) is 0 Å². The molecule has 1 heterocycles. The van der Waals surface area contributed by atoms with E-state index < -0.39 is 11.8 Å². The molecule has 2 aliphatic rings. The van der Waals surface area contributed by atoms with E-state index in [0.717, 1.165) is 19.3 Å². The first-order valence-electron chi connectivity index (χ1n) is 4.46. The van der Waals surface area contributed by atoms with Gasteiger partial charge < -0.3 is 4.74 Å². The number of allylic oxidation sites excluding steroid dienone is 1. The van der Waals surface area contributed by atoms with Gasteiger partial charge in [0.05, 0.1) is 6.61 Å². The lowest BCUT2D eigenvalue weighted by atomic mass is 9.89. The van der Waals surface area contributed by atoms with Gasteiger partial charge in [-0.3, -0.25) is 0 Å². The number of alkyl halides is 3. The molecule has 1 aliphatic carbocycles. The van der Waals surface area contributed by atoms with Gasteiger partial charge in [-0.05, 0) is 31.3 Å². The Morgan fingerprint density at radius 1 is 1.31 bits per heavy atom. The number of halogens is 3. The first-order valence-corrected chi connectivity index (χ1v) is 4.46. The zero-order valence-corrected chi connectivity index (χ0v) is 7.16. The highest BCUT2D eigenvalue weighted by Crippen LogP contribution is 2.51. The van der Waals surface area contributed by atoms with E-state index in [-0.39, 0.29) is 6.61 Å². The van der Waals surface area contributed by atoms with Crippen molar-refractivity contribution in [2.45, 2.75) is 37.5 Å². The van der Waals surface area contributed by atoms with Crippen LogP contribution in [0.3, 0.4) is 0 Å². The van der Waals surface area contributed by atoms with Gasteiger partial charge in [0.15, 0.2) is 0 Å². The molecule has 0 aromatic heterocycles. The van der Waals surface area contributed by atoms with Gasteiger partial charge in [0.2, 0.25) is 5.60 Å². The van der Waals surface area contributed by atoms with Crippen LogP contribution in [0.4, 0.5) is 13.2 Å². The third-order valence-electron chi connectivity index (χ3n) is 2.70. The summed E-state index contributed by atoms with van der Waals surface area (Å²) in [4.78, 5) is 0. The van der Waals surface area contributed by atoms with Crippen molar-refractivity contribution in [2.24, 2.45) is 0 Å². The van der Waals surface area contributed by atoms with Gasteiger partial charge in [-0.25, -0.2) is 0 Å². The molecule has 1 saturated heterocycles. The zero-order valence-electron chi connectivity index (χ0n) is 7.16. The molecule has 0 saturated carbocycles. The summed E-state index contributed by atoms with van der Waals surface area (Å²) in [5.74, 6) is 0. The Labute approximate surface area is 74.6 Å². The molecule has 0 aromatic carbocycles. The maximum absolute atomic E-state index is 12.5. The molecule has 0 spiro atoms. The maximum Gasteiger partial charge on any atom is 0.423 e. The minimum absolute atomic E-state index is 0.178. The first-order chi connectivity index (χ1) is 6.06. The summed E-state index contributed by atoms with van der Waals surface area (Å²) in [5.41, 5.74) is -1.43. The SMILES string of the molecule is FC(F)(F)C1(C2=CCCCC2)CO1. The van der Waals surface area contributed by atoms with Crippen molar-refractivity contribution in [3.05, 3.63) is 11.6 Å². The molecule has 0 N–H and O–H groups in total. The van der Waals surface area contributed by atoms with Crippen LogP contribution in [0.2, 0.25) is 0 Å². The number of rotatable bonds is 1. The zero-order chi connectivity index (χ0) is 9.53. The molecule has 13 heavy (non-hydrogen) atoms. The Hall–Kier alpha value is -0.510. The number of hydrogen-bond acceptors (Lipinski definition) is 1. The van der Waals surface area contributed by atoms with Crippen molar-refractivity contribution in [3.63, 3.8) is 0 Å². The van der Waals surface area contributed by atoms with Crippen molar-refractivity contribution in [3.8, 4) is 0 Å². The van der Waals surface area contributed by atoms with Crippen molar-refractivity contribution < 1.29 is 17.9 Å². The minimum Gasteiger partial charge on any atom is -0.355 e. The van der Waals surface area contributed by atoms with E-state index in [9.17, 15) is 13.2 Å². The fraction of sp³-hybridized carbons (Fsp3) is 0.778. The van der Waals surface area contributed by atoms with Crippen molar-refractivity contribution >= 4 is 0 Å². The van der Waals surface area contributed by atoms with Gasteiger partial charge >= 0.3 is 6.18 Å². The monoisotopic (exact) mass is 192 g/mol. The molecule has 0 bridgehead atoms. The molecule has 0 aromatic rings. The van der Waals surface area contributed by atoms with E-state index in [2.05, 4.69) is 4.74 Å². The first kappa shape index (κ1) is 9.06. The second kappa shape index (κ2) is 2.74. The highest BCUT2D eigenvalue weighted by atomic mass is 19.4. The maximum atomic E-state index is 12.5. The lowest BCUT2D eigenvalue weighted by Gasteiger charge is -2.21. The predicted molar refractivity (Wildman–Crippen MR) is 41.3 cm³/mol. The number of hydrogen-bond donors (Lipinski definition) is 0. The normalized spacial score (nSPS) is 34.2. The van der Waals surface area contributed by atoms with E-state index in [1.54, 1.807) is 6.08 Å². The molecule has 0 radical (unpaired) electrons. The highest BCUT2D eigenvalue weighted by molar-refractivity contribution is 5.28. The van der Waals surface area contributed by atoms with Crippen LogP contribution in [0.1, 0.15) is 25.7 Å². The minimum atomic E-state index is -4.23. The van der Waals surface area contributed by atoms with Crippen molar-refractivity contribution in [1.82, 2.24) is 0 Å². The summed E-state index contributed by atoms with van der Waals surface area (Å²) in [6.45, 7) is -0.178. The lowest BCUT2D eigenvalue weighted by Crippen LogP contribution is -2.35. The van der Waals surface area contributed by atoms with Crippen LogP contribution < -0.4 is 0 Å². The van der Waals surface area contributed by atoms with Crippen LogP contribution in [-0.2, 0) is 4.74 Å². The Morgan fingerprint density at radius 2 is 2.00 bits per heavy atom. The molecule has 74 valence electrons. The Morgan fingerprint density at radius 3 is 2.38 bits per heavy atom. The van der Waals surface area contributed by atoms with E-state index in [1.165, 1.54) is 0 Å². The van der Waals surface area contributed by atoms with Gasteiger partial charge in [0.25, 0.3) is 0 Å². The average molecular weight is 192 g/mol. The molecular weight excluding hydrogens is 181 g/mol. The Bertz CT molecular complexity index is 238. The molecule has 1 fully saturated rings. The van der Waals surface area contributed by atoms with Crippen LogP contribution in [0, 0.1) is 0 Å². The van der Waals surface area contributed by atoms with Gasteiger partial charge in [0.1, 0.15) is 0 Å². The Kier molecular flexibility index (Phi) is 1.91. The van der Waals surface area contributed by atoms with Gasteiger partial charge in [0, 0.05) is 0 Å². The second-order valence-corrected chi connectivity index (χ2v) is 3.59. The fourth-order valence-electron chi connectivity index (χ4n) is 1.81. The molecule has 0 amide bonds. The number of epoxide rings is 1. The van der Waals surface area contributed by atoms with Crippen LogP contribution in [-0.4, -0.2) is 18.4 Å². The lowest BCUT2D eigenvalue weighted by molar-refractivity contribution is -0.173. The van der Waals surface area contributed by atoms with Gasteiger partial charge in [-0.2, -0.15) is 13.2 Å². The topological polar surface area (TPSA) is 12.5 Å². The third-order valence-corrected chi connectivity index (χ3v) is 2.70.